The first kappa shape index (κ1) is 22.4. The van der Waals surface area contributed by atoms with Gasteiger partial charge in [-0.2, -0.15) is 4.31 Å². The first-order chi connectivity index (χ1) is 14.2. The summed E-state index contributed by atoms with van der Waals surface area (Å²) in [6.07, 6.45) is 0. The number of rotatable bonds is 6. The second-order valence-corrected chi connectivity index (χ2v) is 10.6. The second-order valence-electron chi connectivity index (χ2n) is 6.57. The number of amides is 2. The van der Waals surface area contributed by atoms with Gasteiger partial charge in [-0.3, -0.25) is 9.59 Å². The first-order valence-electron chi connectivity index (χ1n) is 8.97. The van der Waals surface area contributed by atoms with Crippen molar-refractivity contribution >= 4 is 50.5 Å². The van der Waals surface area contributed by atoms with Gasteiger partial charge in [0, 0.05) is 38.6 Å². The Kier molecular flexibility index (Phi) is 6.91. The predicted octanol–water partition coefficient (Wildman–Crippen LogP) is 1.20. The molecular formula is C18H21N3O6S3. The molecule has 3 heterocycles. The molecule has 0 bridgehead atoms. The number of hydrogen-bond donors (Lipinski definition) is 0. The summed E-state index contributed by atoms with van der Waals surface area (Å²) >= 11 is 2.27. The first-order valence-corrected chi connectivity index (χ1v) is 12.2. The fourth-order valence-electron chi connectivity index (χ4n) is 2.94. The van der Waals surface area contributed by atoms with Gasteiger partial charge in [-0.15, -0.1) is 22.7 Å². The minimum absolute atomic E-state index is 0.0592. The summed E-state index contributed by atoms with van der Waals surface area (Å²) < 4.78 is 31.6. The summed E-state index contributed by atoms with van der Waals surface area (Å²) in [7, 11) is -0.957. The zero-order chi connectivity index (χ0) is 21.9. The van der Waals surface area contributed by atoms with Crippen LogP contribution in [0.3, 0.4) is 0 Å². The Balaban J connectivity index is 1.57. The summed E-state index contributed by atoms with van der Waals surface area (Å²) in [5.74, 6) is -1.05. The Labute approximate surface area is 182 Å². The lowest BCUT2D eigenvalue weighted by atomic mass is 10.3. The number of carbonyl (C=O) groups excluding carboxylic acids is 3. The van der Waals surface area contributed by atoms with E-state index in [1.165, 1.54) is 39.1 Å². The molecule has 0 aliphatic carbocycles. The Hall–Kier alpha value is -2.28. The van der Waals surface area contributed by atoms with Gasteiger partial charge in [-0.25, -0.2) is 13.2 Å². The quantitative estimate of drug-likeness (QED) is 0.587. The Morgan fingerprint density at radius 1 is 1.17 bits per heavy atom. The lowest BCUT2D eigenvalue weighted by Gasteiger charge is -2.34. The van der Waals surface area contributed by atoms with Crippen LogP contribution in [0.1, 0.15) is 20.0 Å². The number of piperazine rings is 1. The van der Waals surface area contributed by atoms with Crippen LogP contribution in [0.25, 0.3) is 0 Å². The third kappa shape index (κ3) is 4.72. The maximum atomic E-state index is 12.8. The molecule has 0 unspecified atom stereocenters. The average molecular weight is 472 g/mol. The van der Waals surface area contributed by atoms with Crippen LogP contribution in [-0.2, 0) is 19.6 Å². The molecule has 162 valence electrons. The molecule has 0 saturated carbocycles. The van der Waals surface area contributed by atoms with Crippen molar-refractivity contribution in [2.45, 2.75) is 4.21 Å². The molecule has 1 saturated heterocycles. The van der Waals surface area contributed by atoms with Gasteiger partial charge in [0.05, 0.1) is 24.1 Å². The van der Waals surface area contributed by atoms with Gasteiger partial charge in [0.2, 0.25) is 5.91 Å². The Morgan fingerprint density at radius 3 is 2.47 bits per heavy atom. The smallest absolute Gasteiger partial charge is 0.338 e. The summed E-state index contributed by atoms with van der Waals surface area (Å²) in [4.78, 5) is 39.9. The third-order valence-corrected chi connectivity index (χ3v) is 8.80. The molecule has 0 radical (unpaired) electrons. The van der Waals surface area contributed by atoms with Gasteiger partial charge < -0.3 is 14.5 Å². The van der Waals surface area contributed by atoms with Gasteiger partial charge >= 0.3 is 5.97 Å². The van der Waals surface area contributed by atoms with Crippen molar-refractivity contribution in [3.8, 4) is 0 Å². The molecule has 12 heteroatoms. The van der Waals surface area contributed by atoms with Crippen LogP contribution >= 0.6 is 22.7 Å². The largest absolute Gasteiger partial charge is 0.465 e. The van der Waals surface area contributed by atoms with Crippen LogP contribution < -0.4 is 0 Å². The van der Waals surface area contributed by atoms with Gasteiger partial charge in [0.25, 0.3) is 15.9 Å². The van der Waals surface area contributed by atoms with Crippen molar-refractivity contribution in [1.82, 2.24) is 14.1 Å². The highest BCUT2D eigenvalue weighted by molar-refractivity contribution is 7.91. The van der Waals surface area contributed by atoms with Crippen LogP contribution in [0, 0.1) is 0 Å². The van der Waals surface area contributed by atoms with Gasteiger partial charge in [-0.1, -0.05) is 6.07 Å². The van der Waals surface area contributed by atoms with Crippen LogP contribution in [0.2, 0.25) is 0 Å². The van der Waals surface area contributed by atoms with Crippen molar-refractivity contribution in [2.24, 2.45) is 0 Å². The van der Waals surface area contributed by atoms with Gasteiger partial charge in [0.1, 0.15) is 4.21 Å². The number of thiophene rings is 2. The number of sulfonamides is 1. The van der Waals surface area contributed by atoms with E-state index >= 15 is 0 Å². The molecule has 2 aromatic rings. The van der Waals surface area contributed by atoms with E-state index in [1.54, 1.807) is 29.5 Å². The fraction of sp³-hybridized carbons (Fsp3) is 0.389. The van der Waals surface area contributed by atoms with Crippen LogP contribution in [0.4, 0.5) is 0 Å². The third-order valence-electron chi connectivity index (χ3n) is 4.63. The van der Waals surface area contributed by atoms with E-state index in [1.807, 2.05) is 0 Å². The average Bonchev–Trinajstić information content (AvgIpc) is 3.45. The second kappa shape index (κ2) is 9.25. The van der Waals surface area contributed by atoms with E-state index in [0.717, 1.165) is 11.3 Å². The maximum absolute atomic E-state index is 12.8. The van der Waals surface area contributed by atoms with E-state index in [-0.39, 0.29) is 54.3 Å². The van der Waals surface area contributed by atoms with Crippen LogP contribution in [0.5, 0.6) is 0 Å². The van der Waals surface area contributed by atoms with E-state index in [4.69, 9.17) is 0 Å². The number of methoxy groups -OCH3 is 1. The van der Waals surface area contributed by atoms with Gasteiger partial charge in [-0.05, 0) is 17.5 Å². The Bertz CT molecular complexity index is 1020. The lowest BCUT2D eigenvalue weighted by Crippen LogP contribution is -2.52. The molecule has 30 heavy (non-hydrogen) atoms. The topological polar surface area (TPSA) is 104 Å². The number of nitrogens with zero attached hydrogens (tertiary/aromatic N) is 3. The Morgan fingerprint density at radius 2 is 1.87 bits per heavy atom. The highest BCUT2D eigenvalue weighted by atomic mass is 32.2. The molecule has 0 atom stereocenters. The van der Waals surface area contributed by atoms with Crippen LogP contribution in [-0.4, -0.2) is 87.2 Å². The molecule has 9 nitrogen and oxygen atoms in total. The maximum Gasteiger partial charge on any atom is 0.338 e. The molecule has 0 aromatic carbocycles. The molecule has 1 aliphatic rings. The predicted molar refractivity (Wildman–Crippen MR) is 112 cm³/mol. The molecule has 2 aromatic heterocycles. The minimum Gasteiger partial charge on any atom is -0.465 e. The molecule has 0 spiro atoms. The zero-order valence-corrected chi connectivity index (χ0v) is 18.9. The fourth-order valence-corrected chi connectivity index (χ4v) is 6.39. The lowest BCUT2D eigenvalue weighted by molar-refractivity contribution is -0.132. The van der Waals surface area contributed by atoms with E-state index < -0.39 is 16.0 Å². The SMILES string of the molecule is COC(=O)c1csc(S(=O)(=O)N2CCN(C(=O)CN(C)C(=O)c3cccs3)CC2)c1. The van der Waals surface area contributed by atoms with Crippen molar-refractivity contribution < 1.29 is 27.5 Å². The van der Waals surface area contributed by atoms with Gasteiger partial charge in [0.15, 0.2) is 0 Å². The monoisotopic (exact) mass is 471 g/mol. The standard InChI is InChI=1S/C18H21N3O6S3/c1-19(17(23)14-4-3-9-28-14)11-15(22)20-5-7-21(8-6-20)30(25,26)16-10-13(12-29-16)18(24)27-2/h3-4,9-10,12H,5-8,11H2,1-2H3. The summed E-state index contributed by atoms with van der Waals surface area (Å²) in [6.45, 7) is 0.670. The minimum atomic E-state index is -3.76. The molecule has 2 amide bonds. The van der Waals surface area contributed by atoms with E-state index in [9.17, 15) is 22.8 Å². The molecule has 1 aliphatic heterocycles. The normalized spacial score (nSPS) is 15.1. The number of esters is 1. The highest BCUT2D eigenvalue weighted by Crippen LogP contribution is 2.25. The summed E-state index contributed by atoms with van der Waals surface area (Å²) in [6, 6.07) is 4.78. The van der Waals surface area contributed by atoms with Crippen molar-refractivity contribution in [2.75, 3.05) is 46.9 Å². The van der Waals surface area contributed by atoms with Crippen LogP contribution in [0.15, 0.2) is 33.2 Å². The van der Waals surface area contributed by atoms with E-state index in [2.05, 4.69) is 4.74 Å². The highest BCUT2D eigenvalue weighted by Gasteiger charge is 2.32. The zero-order valence-electron chi connectivity index (χ0n) is 16.4. The van der Waals surface area contributed by atoms with E-state index in [0.29, 0.717) is 4.88 Å². The summed E-state index contributed by atoms with van der Waals surface area (Å²) in [5.41, 5.74) is 0.188. The number of carbonyl (C=O) groups is 3. The molecular weight excluding hydrogens is 450 g/mol. The number of ether oxygens (including phenoxy) is 1. The van der Waals surface area contributed by atoms with Crippen molar-refractivity contribution in [3.05, 3.63) is 39.4 Å². The molecule has 1 fully saturated rings. The van der Waals surface area contributed by atoms with Crippen molar-refractivity contribution in [1.29, 1.82) is 0 Å². The molecule has 3 rings (SSSR count). The number of likely N-dealkylation sites (N-methyl/N-ethyl adjacent to an activating group) is 1. The molecule has 0 N–H and O–H groups in total. The number of hydrogen-bond acceptors (Lipinski definition) is 8. The van der Waals surface area contributed by atoms with Crippen molar-refractivity contribution in [3.63, 3.8) is 0 Å². The summed E-state index contributed by atoms with van der Waals surface area (Å²) in [5, 5.41) is 3.24.